The van der Waals surface area contributed by atoms with Gasteiger partial charge in [0.2, 0.25) is 5.91 Å². The lowest BCUT2D eigenvalue weighted by molar-refractivity contribution is -0.132. The Hall–Kier alpha value is -2.09. The van der Waals surface area contributed by atoms with E-state index in [1.165, 1.54) is 12.0 Å². The van der Waals surface area contributed by atoms with Gasteiger partial charge in [-0.1, -0.05) is 11.6 Å². The molecular formula is C23H28N2O5. The van der Waals surface area contributed by atoms with Gasteiger partial charge in [-0.25, -0.2) is 0 Å². The zero-order chi connectivity index (χ0) is 19.5. The number of piperidine rings is 2. The van der Waals surface area contributed by atoms with E-state index in [2.05, 4.69) is 21.9 Å². The van der Waals surface area contributed by atoms with Crippen LogP contribution in [0.1, 0.15) is 24.8 Å². The van der Waals surface area contributed by atoms with Gasteiger partial charge in [0, 0.05) is 30.0 Å². The van der Waals surface area contributed by atoms with Crippen LogP contribution in [0, 0.1) is 11.8 Å². The predicted octanol–water partition coefficient (Wildman–Crippen LogP) is 1.28. The van der Waals surface area contributed by atoms with E-state index in [1.54, 1.807) is 19.8 Å². The lowest BCUT2D eigenvalue weighted by Crippen LogP contribution is -2.69. The zero-order valence-corrected chi connectivity index (χ0v) is 17.4. The second kappa shape index (κ2) is 5.99. The summed E-state index contributed by atoms with van der Waals surface area (Å²) in [4.78, 5) is 18.3. The fourth-order valence-electron chi connectivity index (χ4n) is 7.87. The molecule has 7 nitrogen and oxygen atoms in total. The Labute approximate surface area is 175 Å². The standard InChI is InChI=1S/C23H26N2O4.H2O/c1-27-16-8-14-15(9-17(16)28-2)25-20(26)10-18-21-13-7-19-23(14,22(21)25)4-5-24(19)11-12(13)3-6-29-18;/h3,8-9,13,18-19,21-22H,4-7,10-11H2,1-2H3;1H2/t13?,18?,19?,21?,22?,23-;/m1./s1. The van der Waals surface area contributed by atoms with Gasteiger partial charge >= 0.3 is 0 Å². The maximum atomic E-state index is 13.5. The van der Waals surface area contributed by atoms with E-state index in [0.29, 0.717) is 36.7 Å². The number of amides is 1. The summed E-state index contributed by atoms with van der Waals surface area (Å²) in [7, 11) is 3.36. The molecule has 5 heterocycles. The first kappa shape index (κ1) is 18.7. The Morgan fingerprint density at radius 1 is 1.20 bits per heavy atom. The summed E-state index contributed by atoms with van der Waals surface area (Å²) in [5.74, 6) is 2.57. The smallest absolute Gasteiger partial charge is 0.229 e. The fraction of sp³-hybridized carbons (Fsp3) is 0.609. The summed E-state index contributed by atoms with van der Waals surface area (Å²) < 4.78 is 17.6. The highest BCUT2D eigenvalue weighted by atomic mass is 16.5. The molecule has 1 aromatic carbocycles. The quantitative estimate of drug-likeness (QED) is 0.684. The monoisotopic (exact) mass is 412 g/mol. The first-order valence-electron chi connectivity index (χ1n) is 10.8. The molecule has 3 saturated heterocycles. The lowest BCUT2D eigenvalue weighted by atomic mass is 9.53. The highest BCUT2D eigenvalue weighted by Gasteiger charge is 2.71. The number of nitrogens with zero attached hydrogens (tertiary/aromatic N) is 2. The molecule has 5 aliphatic heterocycles. The summed E-state index contributed by atoms with van der Waals surface area (Å²) in [6.45, 7) is 2.80. The van der Waals surface area contributed by atoms with E-state index < -0.39 is 0 Å². The molecule has 7 rings (SSSR count). The lowest BCUT2D eigenvalue weighted by Gasteiger charge is -2.58. The van der Waals surface area contributed by atoms with Gasteiger partial charge in [-0.3, -0.25) is 9.69 Å². The number of rotatable bonds is 2. The highest BCUT2D eigenvalue weighted by molar-refractivity contribution is 5.99. The van der Waals surface area contributed by atoms with E-state index in [1.807, 2.05) is 6.07 Å². The molecule has 6 aliphatic rings. The van der Waals surface area contributed by atoms with Crippen LogP contribution in [0.3, 0.4) is 0 Å². The van der Waals surface area contributed by atoms with Gasteiger partial charge < -0.3 is 24.6 Å². The van der Waals surface area contributed by atoms with Crippen LogP contribution >= 0.6 is 0 Å². The fourth-order valence-corrected chi connectivity index (χ4v) is 7.87. The van der Waals surface area contributed by atoms with Gasteiger partial charge in [0.15, 0.2) is 11.5 Å². The number of anilines is 1. The average molecular weight is 412 g/mol. The molecule has 160 valence electrons. The first-order chi connectivity index (χ1) is 14.2. The van der Waals surface area contributed by atoms with E-state index in [9.17, 15) is 4.79 Å². The molecule has 0 aromatic heterocycles. The summed E-state index contributed by atoms with van der Waals surface area (Å²) in [5, 5.41) is 0. The molecule has 5 unspecified atom stereocenters. The predicted molar refractivity (Wildman–Crippen MR) is 110 cm³/mol. The van der Waals surface area contributed by atoms with E-state index in [4.69, 9.17) is 14.2 Å². The summed E-state index contributed by atoms with van der Waals surface area (Å²) in [6.07, 6.45) is 5.11. The molecule has 1 spiro atoms. The van der Waals surface area contributed by atoms with Crippen molar-refractivity contribution in [3.05, 3.63) is 29.3 Å². The maximum Gasteiger partial charge on any atom is 0.229 e. The van der Waals surface area contributed by atoms with E-state index in [-0.39, 0.29) is 28.9 Å². The van der Waals surface area contributed by atoms with Crippen LogP contribution in [-0.2, 0) is 14.9 Å². The van der Waals surface area contributed by atoms with E-state index in [0.717, 1.165) is 30.9 Å². The molecule has 30 heavy (non-hydrogen) atoms. The Bertz CT molecular complexity index is 977. The number of ether oxygens (including phenoxy) is 3. The number of benzene rings is 1. The Morgan fingerprint density at radius 2 is 2.00 bits per heavy atom. The van der Waals surface area contributed by atoms with Gasteiger partial charge in [0.05, 0.1) is 45.1 Å². The van der Waals surface area contributed by atoms with Crippen LogP contribution in [0.4, 0.5) is 5.69 Å². The third-order valence-electron chi connectivity index (χ3n) is 8.81. The second-order valence-corrected chi connectivity index (χ2v) is 9.48. The molecule has 7 heteroatoms. The van der Waals surface area contributed by atoms with Crippen LogP contribution in [0.15, 0.2) is 23.8 Å². The van der Waals surface area contributed by atoms with Crippen LogP contribution in [-0.4, -0.2) is 68.4 Å². The minimum atomic E-state index is -0.0242. The SMILES string of the molecule is COc1cc2c(cc1OC)[C@@]13CCN4CC5=CCOC6CC(=O)N2C1C6C5CC43.O. The minimum absolute atomic E-state index is 0. The molecule has 1 amide bonds. The molecule has 2 bridgehead atoms. The Kier molecular flexibility index (Phi) is 3.73. The third-order valence-corrected chi connectivity index (χ3v) is 8.81. The minimum Gasteiger partial charge on any atom is -0.493 e. The van der Waals surface area contributed by atoms with Crippen LogP contribution in [0.5, 0.6) is 11.5 Å². The second-order valence-electron chi connectivity index (χ2n) is 9.48. The molecule has 2 N–H and O–H groups in total. The van der Waals surface area contributed by atoms with Gasteiger partial charge in [-0.05, 0) is 36.9 Å². The molecule has 4 fully saturated rings. The molecular weight excluding hydrogens is 384 g/mol. The van der Waals surface area contributed by atoms with Crippen molar-refractivity contribution in [1.82, 2.24) is 4.90 Å². The first-order valence-corrected chi connectivity index (χ1v) is 10.8. The normalized spacial score (nSPS) is 39.7. The van der Waals surface area contributed by atoms with Crippen molar-refractivity contribution >= 4 is 11.6 Å². The topological polar surface area (TPSA) is 82.7 Å². The van der Waals surface area contributed by atoms with Crippen LogP contribution in [0.2, 0.25) is 0 Å². The number of carbonyl (C=O) groups is 1. The summed E-state index contributed by atoms with van der Waals surface area (Å²) in [6, 6.07) is 4.87. The molecule has 6 atom stereocenters. The number of carbonyl (C=O) groups excluding carboxylic acids is 1. The van der Waals surface area contributed by atoms with Crippen LogP contribution < -0.4 is 14.4 Å². The Morgan fingerprint density at radius 3 is 2.80 bits per heavy atom. The molecule has 1 aromatic rings. The zero-order valence-electron chi connectivity index (χ0n) is 17.4. The number of fused-ring (bicyclic) bond motifs is 2. The summed E-state index contributed by atoms with van der Waals surface area (Å²) >= 11 is 0. The van der Waals surface area contributed by atoms with Crippen LogP contribution in [0.25, 0.3) is 0 Å². The largest absolute Gasteiger partial charge is 0.493 e. The molecule has 1 aliphatic carbocycles. The van der Waals surface area contributed by atoms with Crippen molar-refractivity contribution in [3.63, 3.8) is 0 Å². The van der Waals surface area contributed by atoms with Gasteiger partial charge in [0.1, 0.15) is 0 Å². The van der Waals surface area contributed by atoms with Crippen molar-refractivity contribution < 1.29 is 24.5 Å². The average Bonchev–Trinajstić information content (AvgIpc) is 3.20. The van der Waals surface area contributed by atoms with Crippen molar-refractivity contribution in [3.8, 4) is 11.5 Å². The number of hydrogen-bond donors (Lipinski definition) is 0. The molecule has 1 saturated carbocycles. The highest BCUT2D eigenvalue weighted by Crippen LogP contribution is 2.66. The third kappa shape index (κ3) is 1.90. The number of methoxy groups -OCH3 is 2. The van der Waals surface area contributed by atoms with Crippen molar-refractivity contribution in [2.24, 2.45) is 11.8 Å². The van der Waals surface area contributed by atoms with E-state index >= 15 is 0 Å². The molecule has 0 radical (unpaired) electrons. The van der Waals surface area contributed by atoms with Crippen molar-refractivity contribution in [2.75, 3.05) is 38.8 Å². The summed E-state index contributed by atoms with van der Waals surface area (Å²) in [5.41, 5.74) is 3.85. The Balaban J connectivity index is 0.00000175. The van der Waals surface area contributed by atoms with Gasteiger partial charge in [0.25, 0.3) is 0 Å². The van der Waals surface area contributed by atoms with Crippen molar-refractivity contribution in [2.45, 2.75) is 42.9 Å². The van der Waals surface area contributed by atoms with Crippen molar-refractivity contribution in [1.29, 1.82) is 0 Å². The maximum absolute atomic E-state index is 13.5. The van der Waals surface area contributed by atoms with Gasteiger partial charge in [-0.15, -0.1) is 0 Å². The number of hydrogen-bond acceptors (Lipinski definition) is 5. The van der Waals surface area contributed by atoms with Gasteiger partial charge in [-0.2, -0.15) is 0 Å².